The summed E-state index contributed by atoms with van der Waals surface area (Å²) in [6, 6.07) is 3.07. The second kappa shape index (κ2) is 5.99. The zero-order valence-corrected chi connectivity index (χ0v) is 9.19. The van der Waals surface area contributed by atoms with E-state index in [0.29, 0.717) is 12.3 Å². The van der Waals surface area contributed by atoms with Crippen LogP contribution in [0.25, 0.3) is 0 Å². The Morgan fingerprint density at radius 3 is 2.94 bits per heavy atom. The van der Waals surface area contributed by atoms with Crippen molar-refractivity contribution in [2.24, 2.45) is 0 Å². The summed E-state index contributed by atoms with van der Waals surface area (Å²) in [5, 5.41) is 11.8. The smallest absolute Gasteiger partial charge is 0.371 e. The summed E-state index contributed by atoms with van der Waals surface area (Å²) in [6.45, 7) is 2.50. The van der Waals surface area contributed by atoms with Gasteiger partial charge in [0.05, 0.1) is 12.6 Å². The highest BCUT2D eigenvalue weighted by Crippen LogP contribution is 2.08. The Morgan fingerprint density at radius 1 is 1.69 bits per heavy atom. The number of carbonyl (C=O) groups is 1. The molecule has 0 aliphatic heterocycles. The lowest BCUT2D eigenvalue weighted by Crippen LogP contribution is -2.26. The van der Waals surface area contributed by atoms with Crippen molar-refractivity contribution in [3.63, 3.8) is 0 Å². The van der Waals surface area contributed by atoms with Crippen LogP contribution < -0.4 is 5.32 Å². The first-order valence-corrected chi connectivity index (χ1v) is 5.19. The standard InChI is InChI=1S/C12H15NO3/c1-3-5-9(4-2)13-8-10-6-7-11(16-10)12(14)15/h2,6-7,9,13H,3,5,8H2,1H3,(H,14,15). The number of nitrogens with one attached hydrogen (secondary N) is 1. The van der Waals surface area contributed by atoms with Crippen LogP contribution in [-0.4, -0.2) is 17.1 Å². The third-order valence-electron chi connectivity index (χ3n) is 2.17. The Morgan fingerprint density at radius 2 is 2.44 bits per heavy atom. The van der Waals surface area contributed by atoms with Gasteiger partial charge in [-0.25, -0.2) is 4.79 Å². The summed E-state index contributed by atoms with van der Waals surface area (Å²) in [7, 11) is 0. The van der Waals surface area contributed by atoms with E-state index in [-0.39, 0.29) is 11.8 Å². The molecule has 86 valence electrons. The molecule has 0 aromatic carbocycles. The lowest BCUT2D eigenvalue weighted by Gasteiger charge is -2.09. The normalized spacial score (nSPS) is 12.0. The topological polar surface area (TPSA) is 62.5 Å². The SMILES string of the molecule is C#CC(CCC)NCc1ccc(C(=O)O)o1. The van der Waals surface area contributed by atoms with Crippen molar-refractivity contribution in [1.29, 1.82) is 0 Å². The van der Waals surface area contributed by atoms with Crippen LogP contribution in [0.1, 0.15) is 36.1 Å². The van der Waals surface area contributed by atoms with E-state index in [2.05, 4.69) is 18.2 Å². The highest BCUT2D eigenvalue weighted by atomic mass is 16.4. The average molecular weight is 221 g/mol. The second-order valence-corrected chi connectivity index (χ2v) is 3.46. The van der Waals surface area contributed by atoms with Gasteiger partial charge in [-0.2, -0.15) is 0 Å². The predicted octanol–water partition coefficient (Wildman–Crippen LogP) is 1.87. The molecule has 0 radical (unpaired) electrons. The first kappa shape index (κ1) is 12.3. The second-order valence-electron chi connectivity index (χ2n) is 3.46. The Balaban J connectivity index is 2.48. The van der Waals surface area contributed by atoms with Gasteiger partial charge in [-0.15, -0.1) is 6.42 Å². The number of carboxylic acids is 1. The van der Waals surface area contributed by atoms with Crippen molar-refractivity contribution in [1.82, 2.24) is 5.32 Å². The zero-order chi connectivity index (χ0) is 12.0. The van der Waals surface area contributed by atoms with E-state index >= 15 is 0 Å². The number of hydrogen-bond acceptors (Lipinski definition) is 3. The third kappa shape index (κ3) is 3.44. The van der Waals surface area contributed by atoms with Gasteiger partial charge in [0.15, 0.2) is 0 Å². The third-order valence-corrected chi connectivity index (χ3v) is 2.17. The van der Waals surface area contributed by atoms with E-state index < -0.39 is 5.97 Å². The lowest BCUT2D eigenvalue weighted by molar-refractivity contribution is 0.0660. The van der Waals surface area contributed by atoms with Gasteiger partial charge >= 0.3 is 5.97 Å². The van der Waals surface area contributed by atoms with Crippen LogP contribution in [0.3, 0.4) is 0 Å². The molecule has 0 fully saturated rings. The van der Waals surface area contributed by atoms with E-state index in [4.69, 9.17) is 15.9 Å². The molecule has 1 aromatic rings. The maximum absolute atomic E-state index is 10.6. The quantitative estimate of drug-likeness (QED) is 0.720. The minimum Gasteiger partial charge on any atom is -0.475 e. The van der Waals surface area contributed by atoms with Crippen LogP contribution >= 0.6 is 0 Å². The fourth-order valence-corrected chi connectivity index (χ4v) is 1.34. The molecule has 1 rings (SSSR count). The van der Waals surface area contributed by atoms with Gasteiger partial charge in [0.2, 0.25) is 5.76 Å². The zero-order valence-electron chi connectivity index (χ0n) is 9.19. The molecule has 0 bridgehead atoms. The van der Waals surface area contributed by atoms with Gasteiger partial charge in [-0.1, -0.05) is 19.3 Å². The van der Waals surface area contributed by atoms with Gasteiger partial charge in [-0.05, 0) is 18.6 Å². The molecular weight excluding hydrogens is 206 g/mol. The molecule has 4 heteroatoms. The summed E-state index contributed by atoms with van der Waals surface area (Å²) in [6.07, 6.45) is 7.23. The lowest BCUT2D eigenvalue weighted by atomic mass is 10.2. The molecule has 0 spiro atoms. The maximum atomic E-state index is 10.6. The van der Waals surface area contributed by atoms with Crippen LogP contribution in [0, 0.1) is 12.3 Å². The Hall–Kier alpha value is -1.73. The van der Waals surface area contributed by atoms with E-state index in [1.54, 1.807) is 6.07 Å². The Labute approximate surface area is 94.7 Å². The Kier molecular flexibility index (Phi) is 4.62. The van der Waals surface area contributed by atoms with Crippen LogP contribution in [-0.2, 0) is 6.54 Å². The summed E-state index contributed by atoms with van der Waals surface area (Å²) in [5.41, 5.74) is 0. The number of carboxylic acid groups (broad SMARTS) is 1. The number of aromatic carboxylic acids is 1. The minimum absolute atomic E-state index is 0.00313. The largest absolute Gasteiger partial charge is 0.475 e. The Bertz CT molecular complexity index is 389. The highest BCUT2D eigenvalue weighted by molar-refractivity contribution is 5.84. The summed E-state index contributed by atoms with van der Waals surface area (Å²) in [4.78, 5) is 10.6. The first-order valence-electron chi connectivity index (χ1n) is 5.19. The monoisotopic (exact) mass is 221 g/mol. The first-order chi connectivity index (χ1) is 7.67. The van der Waals surface area contributed by atoms with Crippen molar-refractivity contribution in [3.05, 3.63) is 23.7 Å². The van der Waals surface area contributed by atoms with E-state index in [1.165, 1.54) is 6.07 Å². The summed E-state index contributed by atoms with van der Waals surface area (Å²) < 4.78 is 5.09. The van der Waals surface area contributed by atoms with Crippen molar-refractivity contribution in [3.8, 4) is 12.3 Å². The molecule has 1 unspecified atom stereocenters. The summed E-state index contributed by atoms with van der Waals surface area (Å²) in [5.74, 6) is 2.10. The molecule has 16 heavy (non-hydrogen) atoms. The number of rotatable bonds is 6. The minimum atomic E-state index is -1.06. The molecule has 1 aromatic heterocycles. The van der Waals surface area contributed by atoms with Gasteiger partial charge in [0.25, 0.3) is 0 Å². The number of furan rings is 1. The van der Waals surface area contributed by atoms with Crippen LogP contribution in [0.15, 0.2) is 16.5 Å². The van der Waals surface area contributed by atoms with Gasteiger partial charge < -0.3 is 9.52 Å². The van der Waals surface area contributed by atoms with Crippen molar-refractivity contribution >= 4 is 5.97 Å². The molecule has 0 amide bonds. The molecule has 1 atom stereocenters. The predicted molar refractivity (Wildman–Crippen MR) is 60.0 cm³/mol. The average Bonchev–Trinajstić information content (AvgIpc) is 2.73. The van der Waals surface area contributed by atoms with Gasteiger partial charge in [0, 0.05) is 0 Å². The van der Waals surface area contributed by atoms with Crippen molar-refractivity contribution < 1.29 is 14.3 Å². The molecule has 0 saturated carbocycles. The molecule has 0 saturated heterocycles. The molecule has 0 aliphatic rings. The fraction of sp³-hybridized carbons (Fsp3) is 0.417. The molecule has 2 N–H and O–H groups in total. The molecule has 1 heterocycles. The summed E-state index contributed by atoms with van der Waals surface area (Å²) >= 11 is 0. The molecule has 0 aliphatic carbocycles. The van der Waals surface area contributed by atoms with E-state index in [1.807, 2.05) is 0 Å². The van der Waals surface area contributed by atoms with Crippen LogP contribution in [0.2, 0.25) is 0 Å². The van der Waals surface area contributed by atoms with E-state index in [0.717, 1.165) is 12.8 Å². The van der Waals surface area contributed by atoms with E-state index in [9.17, 15) is 4.79 Å². The van der Waals surface area contributed by atoms with Crippen molar-refractivity contribution in [2.45, 2.75) is 32.4 Å². The fourth-order valence-electron chi connectivity index (χ4n) is 1.34. The molecule has 4 nitrogen and oxygen atoms in total. The van der Waals surface area contributed by atoms with Crippen LogP contribution in [0.4, 0.5) is 0 Å². The maximum Gasteiger partial charge on any atom is 0.371 e. The highest BCUT2D eigenvalue weighted by Gasteiger charge is 2.09. The molecular formula is C12H15NO3. The number of terminal acetylenes is 1. The van der Waals surface area contributed by atoms with Crippen molar-refractivity contribution in [2.75, 3.05) is 0 Å². The van der Waals surface area contributed by atoms with Gasteiger partial charge in [-0.3, -0.25) is 5.32 Å². The van der Waals surface area contributed by atoms with Crippen LogP contribution in [0.5, 0.6) is 0 Å². The number of hydrogen-bond donors (Lipinski definition) is 2. The van der Waals surface area contributed by atoms with Gasteiger partial charge in [0.1, 0.15) is 5.76 Å².